The number of anilines is 1. The van der Waals surface area contributed by atoms with Crippen molar-refractivity contribution in [1.29, 1.82) is 0 Å². The van der Waals surface area contributed by atoms with Crippen LogP contribution in [0.15, 0.2) is 54.6 Å². The monoisotopic (exact) mass is 645 g/mol. The number of ketones is 3. The van der Waals surface area contributed by atoms with E-state index in [1.165, 1.54) is 34.6 Å². The Morgan fingerprint density at radius 2 is 0.826 bits per heavy atom. The Labute approximate surface area is 274 Å². The third kappa shape index (κ3) is 33.8. The maximum absolute atomic E-state index is 12.2. The van der Waals surface area contributed by atoms with Crippen LogP contribution in [0, 0.1) is 10.8 Å². The number of hydrogen-bond donors (Lipinski definition) is 4. The van der Waals surface area contributed by atoms with Crippen LogP contribution in [0.5, 0.6) is 0 Å². The minimum Gasteiger partial charge on any atom is -0.481 e. The number of benzene rings is 2. The number of carboxylic acids is 1. The van der Waals surface area contributed by atoms with E-state index in [2.05, 4.69) is 16.0 Å². The molecule has 0 spiro atoms. The molecule has 2 aromatic rings. The molecule has 11 nitrogen and oxygen atoms in total. The topological polar surface area (TPSA) is 176 Å². The Balaban J connectivity index is -0.000000264. The molecule has 3 amide bonds. The van der Waals surface area contributed by atoms with Crippen molar-refractivity contribution in [2.75, 3.05) is 19.4 Å². The molecule has 0 fully saturated rings. The molecule has 0 aromatic heterocycles. The van der Waals surface area contributed by atoms with Crippen LogP contribution in [0.3, 0.4) is 0 Å². The Bertz CT molecular complexity index is 1170. The number of para-hydroxylation sites is 1. The van der Waals surface area contributed by atoms with Gasteiger partial charge < -0.3 is 25.9 Å². The van der Waals surface area contributed by atoms with Crippen molar-refractivity contribution >= 4 is 46.7 Å². The Morgan fingerprint density at radius 3 is 1.04 bits per heavy atom. The van der Waals surface area contributed by atoms with Crippen LogP contribution in [-0.4, -0.2) is 60.2 Å². The Kier molecular flexibility index (Phi) is 26.9. The average molecular weight is 646 g/mol. The highest BCUT2D eigenvalue weighted by molar-refractivity contribution is 6.04. The van der Waals surface area contributed by atoms with Crippen molar-refractivity contribution in [3.05, 3.63) is 65.7 Å². The zero-order valence-electron chi connectivity index (χ0n) is 30.0. The van der Waals surface area contributed by atoms with Gasteiger partial charge in [-0.3, -0.25) is 28.8 Å². The van der Waals surface area contributed by atoms with Gasteiger partial charge in [0.15, 0.2) is 11.6 Å². The fourth-order valence-corrected chi connectivity index (χ4v) is 2.39. The van der Waals surface area contributed by atoms with Crippen LogP contribution in [0.25, 0.3) is 0 Å². The predicted octanol–water partition coefficient (Wildman–Crippen LogP) is 5.98. The molecule has 0 saturated carbocycles. The molecule has 0 bridgehead atoms. The quantitative estimate of drug-likeness (QED) is 0.295. The Morgan fingerprint density at radius 1 is 0.543 bits per heavy atom. The summed E-state index contributed by atoms with van der Waals surface area (Å²) in [6, 6.07) is 16.4. The fourth-order valence-electron chi connectivity index (χ4n) is 2.39. The molecule has 0 saturated heterocycles. The van der Waals surface area contributed by atoms with Crippen LogP contribution >= 0.6 is 0 Å². The van der Waals surface area contributed by atoms with E-state index < -0.39 is 16.8 Å². The van der Waals surface area contributed by atoms with E-state index in [4.69, 9.17) is 9.90 Å². The van der Waals surface area contributed by atoms with Gasteiger partial charge in [0.25, 0.3) is 5.97 Å². The summed E-state index contributed by atoms with van der Waals surface area (Å²) >= 11 is 0. The van der Waals surface area contributed by atoms with Gasteiger partial charge in [-0.1, -0.05) is 77.9 Å². The second kappa shape index (κ2) is 25.6. The van der Waals surface area contributed by atoms with Gasteiger partial charge in [-0.25, -0.2) is 0 Å². The maximum Gasteiger partial charge on any atom is 0.300 e. The van der Waals surface area contributed by atoms with E-state index in [-0.39, 0.29) is 35.1 Å². The molecule has 0 aliphatic carbocycles. The van der Waals surface area contributed by atoms with Crippen molar-refractivity contribution in [3.63, 3.8) is 0 Å². The molecular weight excluding hydrogens is 590 g/mol. The number of carbonyl (C=O) groups is 7. The van der Waals surface area contributed by atoms with E-state index in [1.54, 1.807) is 38.4 Å². The van der Waals surface area contributed by atoms with E-state index in [0.29, 0.717) is 11.1 Å². The number of carboxylic acid groups (broad SMARTS) is 1. The molecule has 258 valence electrons. The molecule has 0 heterocycles. The standard InChI is InChI=1S/C16H22O2.C8H9NO.2C3H7NO.C3H6O.C2H4O2/c1-15(2,3)13(17)11-8-7-9-12(10-11)14(18)16(4,5)6;1-7(10)9-8-5-3-2-4-6-8;2*1-3(5)4-2;1-3(2)4;1-2(3)4/h7-10H,1-6H3;2-6H,1H3,(H,9,10);2*1-2H3,(H,4,5);1-2H3;1H3,(H,3,4). The van der Waals surface area contributed by atoms with Crippen molar-refractivity contribution in [2.24, 2.45) is 10.8 Å². The van der Waals surface area contributed by atoms with Gasteiger partial charge in [0.1, 0.15) is 5.78 Å². The predicted molar refractivity (Wildman–Crippen MR) is 184 cm³/mol. The molecule has 0 aliphatic heterocycles. The van der Waals surface area contributed by atoms with Gasteiger partial charge in [0, 0.05) is 69.4 Å². The summed E-state index contributed by atoms with van der Waals surface area (Å²) in [6.45, 7) is 19.9. The summed E-state index contributed by atoms with van der Waals surface area (Å²) in [6.07, 6.45) is 0. The van der Waals surface area contributed by atoms with Crippen molar-refractivity contribution in [3.8, 4) is 0 Å². The number of amides is 3. The molecule has 0 radical (unpaired) electrons. The SMILES string of the molecule is CC(=O)Nc1ccccc1.CC(=O)O.CC(C)(C)C(=O)c1cccc(C(=O)C(C)(C)C)c1.CC(C)=O.CNC(C)=O.CNC(C)=O. The fraction of sp³-hybridized carbons (Fsp3) is 0.457. The maximum atomic E-state index is 12.2. The molecular formula is C35H55N3O8. The number of aliphatic carboxylic acids is 1. The lowest BCUT2D eigenvalue weighted by Crippen LogP contribution is -2.23. The molecule has 0 atom stereocenters. The first kappa shape index (κ1) is 48.2. The average Bonchev–Trinajstić information content (AvgIpc) is 2.92. The summed E-state index contributed by atoms with van der Waals surface area (Å²) in [4.78, 5) is 72.7. The number of carbonyl (C=O) groups excluding carboxylic acids is 6. The molecule has 11 heteroatoms. The first-order chi connectivity index (χ1) is 20.8. The highest BCUT2D eigenvalue weighted by Gasteiger charge is 2.26. The van der Waals surface area contributed by atoms with E-state index in [1.807, 2.05) is 71.9 Å². The number of hydrogen-bond acceptors (Lipinski definition) is 7. The summed E-state index contributed by atoms with van der Waals surface area (Å²) in [5.41, 5.74) is 1.21. The molecule has 2 rings (SSSR count). The van der Waals surface area contributed by atoms with Crippen molar-refractivity contribution in [2.45, 2.75) is 83.1 Å². The second-order valence-corrected chi connectivity index (χ2v) is 11.8. The van der Waals surface area contributed by atoms with Gasteiger partial charge in [-0.05, 0) is 32.0 Å². The smallest absolute Gasteiger partial charge is 0.300 e. The lowest BCUT2D eigenvalue weighted by atomic mass is 9.83. The molecule has 4 N–H and O–H groups in total. The third-order valence-electron chi connectivity index (χ3n) is 4.55. The molecule has 2 aromatic carbocycles. The summed E-state index contributed by atoms with van der Waals surface area (Å²) in [5.74, 6) is -0.571. The highest BCUT2D eigenvalue weighted by Crippen LogP contribution is 2.24. The zero-order valence-corrected chi connectivity index (χ0v) is 30.0. The van der Waals surface area contributed by atoms with Gasteiger partial charge in [-0.15, -0.1) is 0 Å². The van der Waals surface area contributed by atoms with Gasteiger partial charge >= 0.3 is 0 Å². The van der Waals surface area contributed by atoms with E-state index >= 15 is 0 Å². The number of Topliss-reactive ketones (excluding diaryl/α,β-unsaturated/α-hetero) is 3. The largest absolute Gasteiger partial charge is 0.481 e. The summed E-state index contributed by atoms with van der Waals surface area (Å²) in [7, 11) is 3.20. The normalized spacial score (nSPS) is 9.35. The lowest BCUT2D eigenvalue weighted by Gasteiger charge is -2.19. The molecule has 46 heavy (non-hydrogen) atoms. The van der Waals surface area contributed by atoms with Crippen molar-refractivity contribution < 1.29 is 38.7 Å². The van der Waals surface area contributed by atoms with Gasteiger partial charge in [0.2, 0.25) is 17.7 Å². The molecule has 0 unspecified atom stereocenters. The first-order valence-corrected chi connectivity index (χ1v) is 14.4. The second-order valence-electron chi connectivity index (χ2n) is 11.8. The lowest BCUT2D eigenvalue weighted by molar-refractivity contribution is -0.134. The third-order valence-corrected chi connectivity index (χ3v) is 4.55. The van der Waals surface area contributed by atoms with Crippen molar-refractivity contribution in [1.82, 2.24) is 10.6 Å². The zero-order chi connectivity index (χ0) is 37.3. The minimum absolute atomic E-state index is 0.00463. The van der Waals surface area contributed by atoms with Gasteiger partial charge in [-0.2, -0.15) is 0 Å². The van der Waals surface area contributed by atoms with Crippen LogP contribution < -0.4 is 16.0 Å². The summed E-state index contributed by atoms with van der Waals surface area (Å²) < 4.78 is 0. The van der Waals surface area contributed by atoms with Crippen LogP contribution in [0.2, 0.25) is 0 Å². The van der Waals surface area contributed by atoms with Crippen LogP contribution in [0.4, 0.5) is 5.69 Å². The van der Waals surface area contributed by atoms with E-state index in [9.17, 15) is 28.8 Å². The highest BCUT2D eigenvalue weighted by atomic mass is 16.4. The first-order valence-electron chi connectivity index (χ1n) is 14.4. The van der Waals surface area contributed by atoms with Crippen LogP contribution in [-0.2, 0) is 24.0 Å². The number of nitrogens with one attached hydrogen (secondary N) is 3. The Hall–Kier alpha value is -4.67. The minimum atomic E-state index is -0.833. The van der Waals surface area contributed by atoms with Gasteiger partial charge in [0.05, 0.1) is 0 Å². The summed E-state index contributed by atoms with van der Waals surface area (Å²) in [5, 5.41) is 14.9. The molecule has 0 aliphatic rings. The van der Waals surface area contributed by atoms with Crippen LogP contribution in [0.1, 0.15) is 104 Å². The number of rotatable bonds is 3. The van der Waals surface area contributed by atoms with E-state index in [0.717, 1.165) is 12.6 Å².